The highest BCUT2D eigenvalue weighted by Gasteiger charge is 2.23. The fraction of sp³-hybridized carbons (Fsp3) is 0.263. The van der Waals surface area contributed by atoms with Crippen molar-refractivity contribution >= 4 is 34.6 Å². The highest BCUT2D eigenvalue weighted by molar-refractivity contribution is 5.90. The molecule has 0 saturated carbocycles. The molecule has 2 N–H and O–H groups in total. The standard InChI is InChI=1S/C19H19FN4O5/c1-12(25)22-5-7-23(8-6-22)14-4-2-3-13(9-14)21-17-11-16(20)15(19(26)27)10-18(17)24(28)29/h2-4,9-11,21H,5-8H2,1H3,(H,26,27). The van der Waals surface area contributed by atoms with Gasteiger partial charge in [-0.25, -0.2) is 9.18 Å². The molecule has 0 atom stereocenters. The molecule has 1 amide bonds. The van der Waals surface area contributed by atoms with Crippen LogP contribution < -0.4 is 10.2 Å². The Labute approximate surface area is 165 Å². The lowest BCUT2D eigenvalue weighted by Gasteiger charge is -2.35. The summed E-state index contributed by atoms with van der Waals surface area (Å²) in [6.07, 6.45) is 0. The molecule has 2 aromatic rings. The number of carboxylic acid groups (broad SMARTS) is 1. The molecular weight excluding hydrogens is 383 g/mol. The predicted molar refractivity (Wildman–Crippen MR) is 104 cm³/mol. The highest BCUT2D eigenvalue weighted by Crippen LogP contribution is 2.32. The largest absolute Gasteiger partial charge is 0.478 e. The number of benzene rings is 2. The summed E-state index contributed by atoms with van der Waals surface area (Å²) in [5, 5.41) is 23.1. The van der Waals surface area contributed by atoms with Gasteiger partial charge in [-0.3, -0.25) is 14.9 Å². The summed E-state index contributed by atoms with van der Waals surface area (Å²) in [6, 6.07) is 8.56. The summed E-state index contributed by atoms with van der Waals surface area (Å²) in [5.74, 6) is -2.62. The molecule has 0 bridgehead atoms. The van der Waals surface area contributed by atoms with Gasteiger partial charge in [0, 0.05) is 56.6 Å². The Bertz CT molecular complexity index is 973. The summed E-state index contributed by atoms with van der Waals surface area (Å²) in [7, 11) is 0. The summed E-state index contributed by atoms with van der Waals surface area (Å²) < 4.78 is 14.0. The SMILES string of the molecule is CC(=O)N1CCN(c2cccc(Nc3cc(F)c(C(=O)O)cc3[N+](=O)[O-])c2)CC1. The quantitative estimate of drug-likeness (QED) is 0.583. The highest BCUT2D eigenvalue weighted by atomic mass is 19.1. The molecule has 0 aliphatic carbocycles. The number of nitrogens with one attached hydrogen (secondary N) is 1. The van der Waals surface area contributed by atoms with E-state index in [0.29, 0.717) is 37.9 Å². The third kappa shape index (κ3) is 4.42. The smallest absolute Gasteiger partial charge is 0.338 e. The van der Waals surface area contributed by atoms with E-state index in [0.717, 1.165) is 11.8 Å². The first-order valence-corrected chi connectivity index (χ1v) is 8.85. The number of carboxylic acids is 1. The number of nitro groups is 1. The van der Waals surface area contributed by atoms with Crippen LogP contribution in [0, 0.1) is 15.9 Å². The Morgan fingerprint density at radius 2 is 1.86 bits per heavy atom. The number of piperazine rings is 1. The van der Waals surface area contributed by atoms with E-state index in [9.17, 15) is 24.1 Å². The fourth-order valence-electron chi connectivity index (χ4n) is 3.19. The van der Waals surface area contributed by atoms with Gasteiger partial charge in [0.2, 0.25) is 5.91 Å². The number of halogens is 1. The van der Waals surface area contributed by atoms with Crippen LogP contribution in [-0.2, 0) is 4.79 Å². The fourth-order valence-corrected chi connectivity index (χ4v) is 3.19. The molecule has 1 fully saturated rings. The average Bonchev–Trinajstić information content (AvgIpc) is 2.68. The molecule has 0 spiro atoms. The van der Waals surface area contributed by atoms with Gasteiger partial charge in [-0.05, 0) is 18.2 Å². The van der Waals surface area contributed by atoms with Crippen LogP contribution in [0.5, 0.6) is 0 Å². The van der Waals surface area contributed by atoms with Crippen LogP contribution >= 0.6 is 0 Å². The van der Waals surface area contributed by atoms with Gasteiger partial charge in [-0.1, -0.05) is 6.07 Å². The molecule has 152 valence electrons. The molecule has 1 aliphatic heterocycles. The number of anilines is 3. The van der Waals surface area contributed by atoms with E-state index >= 15 is 0 Å². The lowest BCUT2D eigenvalue weighted by Crippen LogP contribution is -2.48. The number of amides is 1. The van der Waals surface area contributed by atoms with Gasteiger partial charge < -0.3 is 20.2 Å². The van der Waals surface area contributed by atoms with Crippen molar-refractivity contribution in [3.63, 3.8) is 0 Å². The van der Waals surface area contributed by atoms with Crippen molar-refractivity contribution in [2.24, 2.45) is 0 Å². The molecule has 1 heterocycles. The molecule has 1 aliphatic rings. The lowest BCUT2D eigenvalue weighted by molar-refractivity contribution is -0.384. The molecule has 2 aromatic carbocycles. The van der Waals surface area contributed by atoms with E-state index in [1.807, 2.05) is 6.07 Å². The van der Waals surface area contributed by atoms with E-state index in [4.69, 9.17) is 5.11 Å². The number of aromatic carboxylic acids is 1. The number of rotatable bonds is 5. The maximum Gasteiger partial charge on any atom is 0.338 e. The van der Waals surface area contributed by atoms with Crippen LogP contribution in [0.4, 0.5) is 27.1 Å². The Kier molecular flexibility index (Phi) is 5.62. The molecule has 1 saturated heterocycles. The van der Waals surface area contributed by atoms with Crippen molar-refractivity contribution in [1.29, 1.82) is 0 Å². The Morgan fingerprint density at radius 1 is 1.17 bits per heavy atom. The van der Waals surface area contributed by atoms with Crippen LogP contribution in [0.3, 0.4) is 0 Å². The normalized spacial score (nSPS) is 13.9. The summed E-state index contributed by atoms with van der Waals surface area (Å²) in [6.45, 7) is 4.01. The third-order valence-electron chi connectivity index (χ3n) is 4.73. The summed E-state index contributed by atoms with van der Waals surface area (Å²) in [5.41, 5.74) is -0.106. The van der Waals surface area contributed by atoms with Crippen LogP contribution in [0.2, 0.25) is 0 Å². The number of carbonyl (C=O) groups is 2. The van der Waals surface area contributed by atoms with Gasteiger partial charge in [0.1, 0.15) is 17.1 Å². The zero-order valence-electron chi connectivity index (χ0n) is 15.6. The topological polar surface area (TPSA) is 116 Å². The average molecular weight is 402 g/mol. The molecular formula is C19H19FN4O5. The second kappa shape index (κ2) is 8.13. The lowest BCUT2D eigenvalue weighted by atomic mass is 10.1. The van der Waals surface area contributed by atoms with Crippen molar-refractivity contribution in [3.8, 4) is 0 Å². The molecule has 9 nitrogen and oxygen atoms in total. The first-order chi connectivity index (χ1) is 13.8. The van der Waals surface area contributed by atoms with Gasteiger partial charge in [-0.15, -0.1) is 0 Å². The van der Waals surface area contributed by atoms with E-state index in [1.165, 1.54) is 6.92 Å². The Balaban J connectivity index is 1.84. The second-order valence-electron chi connectivity index (χ2n) is 6.58. The zero-order valence-corrected chi connectivity index (χ0v) is 15.6. The van der Waals surface area contributed by atoms with E-state index in [2.05, 4.69) is 10.2 Å². The first kappa shape index (κ1) is 20.1. The Hall–Kier alpha value is -3.69. The monoisotopic (exact) mass is 402 g/mol. The third-order valence-corrected chi connectivity index (χ3v) is 4.73. The van der Waals surface area contributed by atoms with Gasteiger partial charge in [0.15, 0.2) is 0 Å². The number of nitrogens with zero attached hydrogens (tertiary/aromatic N) is 3. The molecule has 10 heteroatoms. The van der Waals surface area contributed by atoms with E-state index in [1.54, 1.807) is 23.1 Å². The molecule has 0 unspecified atom stereocenters. The van der Waals surface area contributed by atoms with Crippen molar-refractivity contribution in [2.45, 2.75) is 6.92 Å². The molecule has 0 radical (unpaired) electrons. The minimum Gasteiger partial charge on any atom is -0.478 e. The van der Waals surface area contributed by atoms with Crippen molar-refractivity contribution in [3.05, 3.63) is 57.9 Å². The predicted octanol–water partition coefficient (Wildman–Crippen LogP) is 2.84. The maximum absolute atomic E-state index is 14.0. The number of carbonyl (C=O) groups excluding carboxylic acids is 1. The maximum atomic E-state index is 14.0. The molecule has 3 rings (SSSR count). The van der Waals surface area contributed by atoms with Crippen molar-refractivity contribution in [2.75, 3.05) is 36.4 Å². The molecule has 29 heavy (non-hydrogen) atoms. The van der Waals surface area contributed by atoms with Crippen LogP contribution in [-0.4, -0.2) is 53.0 Å². The zero-order chi connectivity index (χ0) is 21.1. The van der Waals surface area contributed by atoms with E-state index < -0.39 is 28.0 Å². The molecule has 0 aromatic heterocycles. The van der Waals surface area contributed by atoms with Gasteiger partial charge >= 0.3 is 5.97 Å². The first-order valence-electron chi connectivity index (χ1n) is 8.85. The second-order valence-corrected chi connectivity index (χ2v) is 6.58. The van der Waals surface area contributed by atoms with Crippen molar-refractivity contribution < 1.29 is 24.0 Å². The number of hydrogen-bond donors (Lipinski definition) is 2. The number of nitro benzene ring substituents is 1. The van der Waals surface area contributed by atoms with E-state index in [-0.39, 0.29) is 11.6 Å². The summed E-state index contributed by atoms with van der Waals surface area (Å²) in [4.78, 5) is 36.9. The minimum atomic E-state index is -1.58. The van der Waals surface area contributed by atoms with Crippen LogP contribution in [0.15, 0.2) is 36.4 Å². The van der Waals surface area contributed by atoms with Gasteiger partial charge in [-0.2, -0.15) is 0 Å². The minimum absolute atomic E-state index is 0.0270. The van der Waals surface area contributed by atoms with Crippen LogP contribution in [0.25, 0.3) is 0 Å². The van der Waals surface area contributed by atoms with Crippen LogP contribution in [0.1, 0.15) is 17.3 Å². The summed E-state index contributed by atoms with van der Waals surface area (Å²) >= 11 is 0. The van der Waals surface area contributed by atoms with Crippen molar-refractivity contribution in [1.82, 2.24) is 4.90 Å². The van der Waals surface area contributed by atoms with Gasteiger partial charge in [0.25, 0.3) is 5.69 Å². The number of hydrogen-bond acceptors (Lipinski definition) is 6. The Morgan fingerprint density at radius 3 is 2.45 bits per heavy atom. The van der Waals surface area contributed by atoms with Gasteiger partial charge in [0.05, 0.1) is 4.92 Å².